The van der Waals surface area contributed by atoms with Crippen LogP contribution in [-0.2, 0) is 0 Å². The van der Waals surface area contributed by atoms with Gasteiger partial charge < -0.3 is 9.64 Å². The third-order valence-electron chi connectivity index (χ3n) is 3.29. The van der Waals surface area contributed by atoms with Crippen LogP contribution >= 0.6 is 0 Å². The Kier molecular flexibility index (Phi) is 4.93. The van der Waals surface area contributed by atoms with E-state index in [1.54, 1.807) is 0 Å². The molecule has 0 radical (unpaired) electrons. The van der Waals surface area contributed by atoms with Crippen LogP contribution in [0, 0.1) is 24.0 Å². The van der Waals surface area contributed by atoms with E-state index >= 15 is 0 Å². The summed E-state index contributed by atoms with van der Waals surface area (Å²) in [6.45, 7) is 4.98. The maximum Gasteiger partial charge on any atom is 0.287 e. The van der Waals surface area contributed by atoms with Gasteiger partial charge in [-0.05, 0) is 37.1 Å². The monoisotopic (exact) mass is 301 g/mol. The summed E-state index contributed by atoms with van der Waals surface area (Å²) < 4.78 is 5.70. The zero-order chi connectivity index (χ0) is 16.1. The fourth-order valence-electron chi connectivity index (χ4n) is 2.16. The predicted octanol–water partition coefficient (Wildman–Crippen LogP) is 3.12. The largest absolute Gasteiger partial charge is 0.492 e. The number of nitrogens with zero attached hydrogens (tertiary/aromatic N) is 3. The van der Waals surface area contributed by atoms with Crippen molar-refractivity contribution in [1.82, 2.24) is 4.98 Å². The number of hydrogen-bond acceptors (Lipinski definition) is 5. The molecule has 22 heavy (non-hydrogen) atoms. The topological polar surface area (TPSA) is 68.5 Å². The van der Waals surface area contributed by atoms with E-state index in [1.807, 2.05) is 50.1 Å². The molecule has 2 rings (SSSR count). The van der Waals surface area contributed by atoms with Crippen molar-refractivity contribution in [3.8, 4) is 5.75 Å². The normalized spacial score (nSPS) is 10.3. The van der Waals surface area contributed by atoms with E-state index in [4.69, 9.17) is 4.74 Å². The average molecular weight is 301 g/mol. The van der Waals surface area contributed by atoms with Crippen LogP contribution in [0.15, 0.2) is 36.5 Å². The van der Waals surface area contributed by atoms with Crippen LogP contribution in [0.1, 0.15) is 11.1 Å². The first kappa shape index (κ1) is 15.8. The highest BCUT2D eigenvalue weighted by atomic mass is 16.6. The van der Waals surface area contributed by atoms with Gasteiger partial charge in [-0.25, -0.2) is 4.98 Å². The van der Waals surface area contributed by atoms with Crippen molar-refractivity contribution in [2.75, 3.05) is 25.1 Å². The molecule has 116 valence electrons. The molecule has 0 atom stereocenters. The number of pyridine rings is 1. The molecule has 0 fully saturated rings. The second-order valence-corrected chi connectivity index (χ2v) is 5.18. The quantitative estimate of drug-likeness (QED) is 0.605. The molecule has 0 aliphatic heterocycles. The van der Waals surface area contributed by atoms with E-state index in [0.717, 1.165) is 22.7 Å². The van der Waals surface area contributed by atoms with Crippen molar-refractivity contribution < 1.29 is 9.66 Å². The molecule has 0 saturated heterocycles. The standard InChI is InChI=1S/C16H19N3O3/c1-12-5-4-6-15(9-12)22-8-7-18(3)16-13(2)10-14(11-17-16)19(20)21/h4-6,9-11H,7-8H2,1-3H3. The van der Waals surface area contributed by atoms with E-state index < -0.39 is 4.92 Å². The van der Waals surface area contributed by atoms with Gasteiger partial charge in [0.2, 0.25) is 0 Å². The lowest BCUT2D eigenvalue weighted by atomic mass is 10.2. The lowest BCUT2D eigenvalue weighted by molar-refractivity contribution is -0.385. The van der Waals surface area contributed by atoms with E-state index in [-0.39, 0.29) is 5.69 Å². The van der Waals surface area contributed by atoms with Crippen LogP contribution in [-0.4, -0.2) is 30.1 Å². The van der Waals surface area contributed by atoms with Gasteiger partial charge in [0.25, 0.3) is 5.69 Å². The minimum Gasteiger partial charge on any atom is -0.492 e. The smallest absolute Gasteiger partial charge is 0.287 e. The summed E-state index contributed by atoms with van der Waals surface area (Å²) in [5.74, 6) is 1.56. The lowest BCUT2D eigenvalue weighted by Gasteiger charge is -2.20. The Morgan fingerprint density at radius 1 is 1.32 bits per heavy atom. The van der Waals surface area contributed by atoms with Crippen LogP contribution in [0.2, 0.25) is 0 Å². The molecule has 6 nitrogen and oxygen atoms in total. The van der Waals surface area contributed by atoms with Gasteiger partial charge in [0.05, 0.1) is 11.5 Å². The number of rotatable bonds is 6. The second-order valence-electron chi connectivity index (χ2n) is 5.18. The summed E-state index contributed by atoms with van der Waals surface area (Å²) in [7, 11) is 1.89. The van der Waals surface area contributed by atoms with Crippen molar-refractivity contribution >= 4 is 11.5 Å². The number of anilines is 1. The molecular formula is C16H19N3O3. The van der Waals surface area contributed by atoms with E-state index in [1.165, 1.54) is 12.3 Å². The molecule has 0 unspecified atom stereocenters. The number of ether oxygens (including phenoxy) is 1. The highest BCUT2D eigenvalue weighted by Gasteiger charge is 2.12. The third kappa shape index (κ3) is 3.94. The molecule has 0 amide bonds. The Morgan fingerprint density at radius 2 is 2.09 bits per heavy atom. The van der Waals surface area contributed by atoms with E-state index in [0.29, 0.717) is 13.2 Å². The molecule has 1 aromatic carbocycles. The van der Waals surface area contributed by atoms with Gasteiger partial charge in [-0.3, -0.25) is 10.1 Å². The van der Waals surface area contributed by atoms with Crippen molar-refractivity contribution in [2.24, 2.45) is 0 Å². The molecule has 0 aliphatic carbocycles. The minimum absolute atomic E-state index is 0.00524. The number of nitro groups is 1. The van der Waals surface area contributed by atoms with Crippen LogP contribution in [0.5, 0.6) is 5.75 Å². The van der Waals surface area contributed by atoms with Gasteiger partial charge in [-0.15, -0.1) is 0 Å². The van der Waals surface area contributed by atoms with E-state index in [2.05, 4.69) is 4.98 Å². The summed E-state index contributed by atoms with van der Waals surface area (Å²) in [6, 6.07) is 9.40. The molecule has 0 saturated carbocycles. The van der Waals surface area contributed by atoms with Gasteiger partial charge in [0, 0.05) is 13.1 Å². The molecule has 2 aromatic rings. The van der Waals surface area contributed by atoms with Crippen molar-refractivity contribution in [1.29, 1.82) is 0 Å². The van der Waals surface area contributed by atoms with Gasteiger partial charge in [0.1, 0.15) is 24.4 Å². The Labute approximate surface area is 129 Å². The van der Waals surface area contributed by atoms with Gasteiger partial charge >= 0.3 is 0 Å². The summed E-state index contributed by atoms with van der Waals surface area (Å²) in [4.78, 5) is 16.4. The molecular weight excluding hydrogens is 282 g/mol. The number of hydrogen-bond donors (Lipinski definition) is 0. The molecule has 0 spiro atoms. The average Bonchev–Trinajstić information content (AvgIpc) is 2.47. The maximum atomic E-state index is 10.7. The van der Waals surface area contributed by atoms with Crippen LogP contribution in [0.25, 0.3) is 0 Å². The van der Waals surface area contributed by atoms with Crippen LogP contribution in [0.4, 0.5) is 11.5 Å². The number of aryl methyl sites for hydroxylation is 2. The first-order valence-corrected chi connectivity index (χ1v) is 6.99. The fourth-order valence-corrected chi connectivity index (χ4v) is 2.16. The zero-order valence-electron chi connectivity index (χ0n) is 12.9. The van der Waals surface area contributed by atoms with E-state index in [9.17, 15) is 10.1 Å². The number of likely N-dealkylation sites (N-methyl/N-ethyl adjacent to an activating group) is 1. The third-order valence-corrected chi connectivity index (χ3v) is 3.29. The van der Waals surface area contributed by atoms with Crippen molar-refractivity contribution in [2.45, 2.75) is 13.8 Å². The fraction of sp³-hybridized carbons (Fsp3) is 0.312. The van der Waals surface area contributed by atoms with Gasteiger partial charge in [-0.2, -0.15) is 0 Å². The highest BCUT2D eigenvalue weighted by molar-refractivity contribution is 5.49. The van der Waals surface area contributed by atoms with Gasteiger partial charge in [-0.1, -0.05) is 12.1 Å². The summed E-state index contributed by atoms with van der Waals surface area (Å²) >= 11 is 0. The Hall–Kier alpha value is -2.63. The SMILES string of the molecule is Cc1cccc(OCCN(C)c2ncc([N+](=O)[O-])cc2C)c1. The summed E-state index contributed by atoms with van der Waals surface area (Å²) in [5, 5.41) is 10.7. The first-order valence-electron chi connectivity index (χ1n) is 6.99. The van der Waals surface area contributed by atoms with Gasteiger partial charge in [0.15, 0.2) is 0 Å². The zero-order valence-corrected chi connectivity index (χ0v) is 12.9. The molecule has 0 aliphatic rings. The molecule has 0 N–H and O–H groups in total. The maximum absolute atomic E-state index is 10.7. The second kappa shape index (κ2) is 6.89. The molecule has 6 heteroatoms. The molecule has 1 aromatic heterocycles. The van der Waals surface area contributed by atoms with Crippen LogP contribution < -0.4 is 9.64 Å². The number of aromatic nitrogens is 1. The molecule has 0 bridgehead atoms. The minimum atomic E-state index is -0.440. The number of benzene rings is 1. The molecule has 1 heterocycles. The lowest BCUT2D eigenvalue weighted by Crippen LogP contribution is -2.25. The predicted molar refractivity (Wildman–Crippen MR) is 85.6 cm³/mol. The summed E-state index contributed by atoms with van der Waals surface area (Å²) in [5.41, 5.74) is 1.93. The first-order chi connectivity index (χ1) is 10.5. The van der Waals surface area contributed by atoms with Crippen molar-refractivity contribution in [3.05, 3.63) is 57.8 Å². The Morgan fingerprint density at radius 3 is 2.73 bits per heavy atom. The van der Waals surface area contributed by atoms with Crippen LogP contribution in [0.3, 0.4) is 0 Å². The van der Waals surface area contributed by atoms with Crippen molar-refractivity contribution in [3.63, 3.8) is 0 Å². The summed E-state index contributed by atoms with van der Waals surface area (Å²) in [6.07, 6.45) is 1.28. The Bertz CT molecular complexity index is 673. The Balaban J connectivity index is 1.95. The highest BCUT2D eigenvalue weighted by Crippen LogP contribution is 2.20.